The zero-order chi connectivity index (χ0) is 12.0. The minimum Gasteiger partial charge on any atom is -0.354 e. The Balaban J connectivity index is 3.03. The maximum absolute atomic E-state index is 8.76. The van der Waals surface area contributed by atoms with E-state index >= 15 is 0 Å². The van der Waals surface area contributed by atoms with Gasteiger partial charge < -0.3 is 10.6 Å². The first-order valence-electron chi connectivity index (χ1n) is 5.08. The Labute approximate surface area is 94.5 Å². The van der Waals surface area contributed by atoms with Crippen molar-refractivity contribution in [3.8, 4) is 6.19 Å². The van der Waals surface area contributed by atoms with Crippen molar-refractivity contribution in [2.75, 3.05) is 35.7 Å². The Morgan fingerprint density at radius 1 is 1.12 bits per heavy atom. The standard InChI is InChI=1S/C9H15N7/c1-4-11-7-13-8(12-5-2)15-9(14-7)16(3)6-10/h4-5H2,1-3H3,(H2,11,12,13,14,15). The minimum absolute atomic E-state index is 0.324. The van der Waals surface area contributed by atoms with Gasteiger partial charge in [0.2, 0.25) is 17.8 Å². The largest absolute Gasteiger partial charge is 0.354 e. The molecule has 1 aromatic rings. The van der Waals surface area contributed by atoms with Gasteiger partial charge in [-0.1, -0.05) is 0 Å². The second kappa shape index (κ2) is 5.70. The number of nitriles is 1. The molecule has 0 saturated carbocycles. The van der Waals surface area contributed by atoms with Crippen LogP contribution >= 0.6 is 0 Å². The van der Waals surface area contributed by atoms with Gasteiger partial charge in [-0.05, 0) is 13.8 Å². The summed E-state index contributed by atoms with van der Waals surface area (Å²) in [6.07, 6.45) is 1.94. The van der Waals surface area contributed by atoms with Gasteiger partial charge in [0.15, 0.2) is 6.19 Å². The van der Waals surface area contributed by atoms with Gasteiger partial charge in [0.05, 0.1) is 0 Å². The van der Waals surface area contributed by atoms with Crippen molar-refractivity contribution in [3.63, 3.8) is 0 Å². The van der Waals surface area contributed by atoms with Crippen LogP contribution in [0.3, 0.4) is 0 Å². The number of hydrogen-bond acceptors (Lipinski definition) is 7. The van der Waals surface area contributed by atoms with Crippen LogP contribution in [0.4, 0.5) is 17.8 Å². The van der Waals surface area contributed by atoms with E-state index in [1.165, 1.54) is 4.90 Å². The van der Waals surface area contributed by atoms with Crippen molar-refractivity contribution in [2.24, 2.45) is 0 Å². The van der Waals surface area contributed by atoms with Gasteiger partial charge in [-0.2, -0.15) is 20.2 Å². The van der Waals surface area contributed by atoms with Gasteiger partial charge in [0.25, 0.3) is 0 Å². The van der Waals surface area contributed by atoms with Crippen LogP contribution in [0, 0.1) is 11.5 Å². The van der Waals surface area contributed by atoms with Crippen molar-refractivity contribution in [1.82, 2.24) is 15.0 Å². The molecule has 0 aromatic carbocycles. The van der Waals surface area contributed by atoms with Crippen LogP contribution in [-0.4, -0.2) is 35.1 Å². The summed E-state index contributed by atoms with van der Waals surface area (Å²) in [5.41, 5.74) is 0. The van der Waals surface area contributed by atoms with E-state index in [-0.39, 0.29) is 0 Å². The molecular weight excluding hydrogens is 206 g/mol. The molecule has 0 aliphatic carbocycles. The molecule has 86 valence electrons. The highest BCUT2D eigenvalue weighted by molar-refractivity contribution is 5.45. The Hall–Kier alpha value is -2.10. The van der Waals surface area contributed by atoms with Crippen LogP contribution in [-0.2, 0) is 0 Å². The fourth-order valence-corrected chi connectivity index (χ4v) is 1.03. The van der Waals surface area contributed by atoms with Gasteiger partial charge in [-0.15, -0.1) is 0 Å². The number of nitrogens with zero attached hydrogens (tertiary/aromatic N) is 5. The molecule has 1 heterocycles. The van der Waals surface area contributed by atoms with E-state index in [0.717, 1.165) is 0 Å². The maximum Gasteiger partial charge on any atom is 0.245 e. The summed E-state index contributed by atoms with van der Waals surface area (Å²) in [4.78, 5) is 13.6. The van der Waals surface area contributed by atoms with Crippen LogP contribution in [0.5, 0.6) is 0 Å². The van der Waals surface area contributed by atoms with Crippen LogP contribution in [0.2, 0.25) is 0 Å². The van der Waals surface area contributed by atoms with Gasteiger partial charge >= 0.3 is 0 Å². The quantitative estimate of drug-likeness (QED) is 0.557. The highest BCUT2D eigenvalue weighted by Crippen LogP contribution is 2.11. The molecule has 0 fully saturated rings. The Morgan fingerprint density at radius 3 is 2.00 bits per heavy atom. The molecular formula is C9H15N7. The number of rotatable bonds is 5. The highest BCUT2D eigenvalue weighted by atomic mass is 15.3. The lowest BCUT2D eigenvalue weighted by molar-refractivity contribution is 0.964. The average molecular weight is 221 g/mol. The number of hydrogen-bond donors (Lipinski definition) is 2. The summed E-state index contributed by atoms with van der Waals surface area (Å²) < 4.78 is 0. The van der Waals surface area contributed by atoms with E-state index in [2.05, 4.69) is 25.6 Å². The Bertz CT molecular complexity index is 360. The van der Waals surface area contributed by atoms with Crippen molar-refractivity contribution in [1.29, 1.82) is 5.26 Å². The van der Waals surface area contributed by atoms with Crippen LogP contribution in [0.1, 0.15) is 13.8 Å². The molecule has 16 heavy (non-hydrogen) atoms. The van der Waals surface area contributed by atoms with Crippen LogP contribution in [0.25, 0.3) is 0 Å². The molecule has 0 amide bonds. The number of anilines is 3. The van der Waals surface area contributed by atoms with E-state index in [1.807, 2.05) is 20.0 Å². The normalized spacial score (nSPS) is 9.38. The first-order chi connectivity index (χ1) is 7.71. The average Bonchev–Trinajstić information content (AvgIpc) is 2.28. The zero-order valence-electron chi connectivity index (χ0n) is 9.65. The lowest BCUT2D eigenvalue weighted by Gasteiger charge is -2.10. The topological polar surface area (TPSA) is 89.8 Å². The highest BCUT2D eigenvalue weighted by Gasteiger charge is 2.08. The molecule has 0 atom stereocenters. The molecule has 7 nitrogen and oxygen atoms in total. The third-order valence-corrected chi connectivity index (χ3v) is 1.74. The zero-order valence-corrected chi connectivity index (χ0v) is 9.65. The lowest BCUT2D eigenvalue weighted by atomic mass is 10.7. The van der Waals surface area contributed by atoms with E-state index in [9.17, 15) is 0 Å². The van der Waals surface area contributed by atoms with E-state index in [0.29, 0.717) is 30.9 Å². The molecule has 0 aliphatic rings. The first-order valence-corrected chi connectivity index (χ1v) is 5.08. The number of nitrogens with one attached hydrogen (secondary N) is 2. The lowest BCUT2D eigenvalue weighted by Crippen LogP contribution is -2.16. The van der Waals surface area contributed by atoms with E-state index < -0.39 is 0 Å². The summed E-state index contributed by atoms with van der Waals surface area (Å²) in [7, 11) is 1.60. The van der Waals surface area contributed by atoms with E-state index in [1.54, 1.807) is 7.05 Å². The molecule has 7 heteroatoms. The predicted octanol–water partition coefficient (Wildman–Crippen LogP) is 0.652. The minimum atomic E-state index is 0.324. The van der Waals surface area contributed by atoms with Crippen molar-refractivity contribution >= 4 is 17.8 Å². The monoisotopic (exact) mass is 221 g/mol. The van der Waals surface area contributed by atoms with Crippen molar-refractivity contribution in [2.45, 2.75) is 13.8 Å². The molecule has 0 aliphatic heterocycles. The summed E-state index contributed by atoms with van der Waals surface area (Å²) in [5.74, 6) is 1.25. The van der Waals surface area contributed by atoms with Gasteiger partial charge in [0.1, 0.15) is 0 Å². The first kappa shape index (κ1) is 12.0. The fraction of sp³-hybridized carbons (Fsp3) is 0.556. The van der Waals surface area contributed by atoms with Gasteiger partial charge in [0, 0.05) is 20.1 Å². The predicted molar refractivity (Wildman–Crippen MR) is 62.2 cm³/mol. The van der Waals surface area contributed by atoms with Gasteiger partial charge in [-0.3, -0.25) is 4.90 Å². The SMILES string of the molecule is CCNc1nc(NCC)nc(N(C)C#N)n1. The summed E-state index contributed by atoms with van der Waals surface area (Å²) >= 11 is 0. The smallest absolute Gasteiger partial charge is 0.245 e. The molecule has 0 bridgehead atoms. The third-order valence-electron chi connectivity index (χ3n) is 1.74. The Morgan fingerprint density at radius 2 is 1.62 bits per heavy atom. The summed E-state index contributed by atoms with van der Waals surface area (Å²) in [6.45, 7) is 5.32. The molecule has 1 rings (SSSR count). The van der Waals surface area contributed by atoms with Gasteiger partial charge in [-0.25, -0.2) is 0 Å². The van der Waals surface area contributed by atoms with Crippen molar-refractivity contribution < 1.29 is 0 Å². The second-order valence-electron chi connectivity index (χ2n) is 3.00. The maximum atomic E-state index is 8.76. The second-order valence-corrected chi connectivity index (χ2v) is 3.00. The Kier molecular flexibility index (Phi) is 4.27. The van der Waals surface area contributed by atoms with Crippen LogP contribution < -0.4 is 15.5 Å². The van der Waals surface area contributed by atoms with Crippen LogP contribution in [0.15, 0.2) is 0 Å². The third kappa shape index (κ3) is 2.95. The molecule has 0 radical (unpaired) electrons. The van der Waals surface area contributed by atoms with Crippen molar-refractivity contribution in [3.05, 3.63) is 0 Å². The molecule has 2 N–H and O–H groups in total. The molecule has 0 spiro atoms. The fourth-order valence-electron chi connectivity index (χ4n) is 1.03. The van der Waals surface area contributed by atoms with E-state index in [4.69, 9.17) is 5.26 Å². The summed E-state index contributed by atoms with van der Waals surface area (Å²) in [6, 6.07) is 0. The molecule has 1 aromatic heterocycles. The molecule has 0 saturated heterocycles. The number of aromatic nitrogens is 3. The summed E-state index contributed by atoms with van der Waals surface area (Å²) in [5, 5.41) is 14.7. The molecule has 0 unspecified atom stereocenters.